The number of carbonyl (C=O) groups is 1. The molecule has 0 radical (unpaired) electrons. The first-order chi connectivity index (χ1) is 10.5. The zero-order valence-corrected chi connectivity index (χ0v) is 12.4. The monoisotopic (exact) mass is 299 g/mol. The zero-order valence-electron chi connectivity index (χ0n) is 12.4. The molecule has 0 bridgehead atoms. The second-order valence-corrected chi connectivity index (χ2v) is 4.99. The number of hydrazone groups is 1. The van der Waals surface area contributed by atoms with Crippen molar-refractivity contribution in [2.24, 2.45) is 5.10 Å². The summed E-state index contributed by atoms with van der Waals surface area (Å²) >= 11 is 0. The van der Waals surface area contributed by atoms with Crippen molar-refractivity contribution < 1.29 is 9.90 Å². The number of nitrogens with one attached hydrogen (secondary N) is 1. The Hall–Kier alpha value is -2.89. The van der Waals surface area contributed by atoms with Crippen LogP contribution in [0.3, 0.4) is 0 Å². The summed E-state index contributed by atoms with van der Waals surface area (Å²) in [6.45, 7) is 3.72. The number of hydrogen-bond donors (Lipinski definition) is 2. The van der Waals surface area contributed by atoms with Gasteiger partial charge >= 0.3 is 0 Å². The Balaban J connectivity index is 2.15. The van der Waals surface area contributed by atoms with Gasteiger partial charge in [-0.3, -0.25) is 9.59 Å². The van der Waals surface area contributed by atoms with Gasteiger partial charge in [0.1, 0.15) is 11.3 Å². The van der Waals surface area contributed by atoms with Crippen molar-refractivity contribution in [2.75, 3.05) is 0 Å². The number of amides is 1. The molecule has 0 atom stereocenters. The maximum absolute atomic E-state index is 12.1. The molecule has 0 saturated heterocycles. The topological polar surface area (TPSA) is 83.7 Å². The number of para-hydroxylation sites is 1. The van der Waals surface area contributed by atoms with Crippen molar-refractivity contribution in [3.05, 3.63) is 64.1 Å². The van der Waals surface area contributed by atoms with E-state index in [1.54, 1.807) is 30.5 Å². The summed E-state index contributed by atoms with van der Waals surface area (Å²) < 4.78 is 1.47. The second kappa shape index (κ2) is 6.71. The highest BCUT2D eigenvalue weighted by Crippen LogP contribution is 2.12. The summed E-state index contributed by atoms with van der Waals surface area (Å²) in [6, 6.07) is 9.64. The first kappa shape index (κ1) is 15.5. The minimum absolute atomic E-state index is 0.0191. The highest BCUT2D eigenvalue weighted by Gasteiger charge is 2.12. The zero-order chi connectivity index (χ0) is 16.1. The third-order valence-corrected chi connectivity index (χ3v) is 3.08. The molecule has 2 aromatic rings. The molecule has 1 aromatic heterocycles. The lowest BCUT2D eigenvalue weighted by Gasteiger charge is -2.10. The van der Waals surface area contributed by atoms with Crippen molar-refractivity contribution in [1.82, 2.24) is 9.99 Å². The minimum atomic E-state index is -0.591. The lowest BCUT2D eigenvalue weighted by Crippen LogP contribution is -2.31. The van der Waals surface area contributed by atoms with Crippen LogP contribution in [0.4, 0.5) is 0 Å². The number of carbonyl (C=O) groups excluding carboxylic acids is 1. The number of phenolic OH excluding ortho intramolecular Hbond substituents is 1. The molecule has 0 spiro atoms. The maximum atomic E-state index is 12.1. The van der Waals surface area contributed by atoms with Crippen molar-refractivity contribution in [1.29, 1.82) is 0 Å². The Morgan fingerprint density at radius 3 is 2.68 bits per heavy atom. The van der Waals surface area contributed by atoms with Crippen LogP contribution in [-0.2, 0) is 0 Å². The summed E-state index contributed by atoms with van der Waals surface area (Å²) in [4.78, 5) is 24.2. The smallest absolute Gasteiger partial charge is 0.276 e. The van der Waals surface area contributed by atoms with E-state index in [1.807, 2.05) is 13.8 Å². The molecule has 1 aromatic carbocycles. The molecule has 6 nitrogen and oxygen atoms in total. The van der Waals surface area contributed by atoms with Crippen molar-refractivity contribution >= 4 is 12.1 Å². The third kappa shape index (κ3) is 3.41. The number of pyridine rings is 1. The van der Waals surface area contributed by atoms with E-state index in [0.717, 1.165) is 0 Å². The van der Waals surface area contributed by atoms with Gasteiger partial charge in [-0.25, -0.2) is 5.43 Å². The van der Waals surface area contributed by atoms with Crippen molar-refractivity contribution in [3.8, 4) is 5.75 Å². The predicted octanol–water partition coefficient (Wildman–Crippen LogP) is 1.90. The van der Waals surface area contributed by atoms with E-state index in [4.69, 9.17) is 0 Å². The van der Waals surface area contributed by atoms with E-state index in [1.165, 1.54) is 22.9 Å². The molecule has 0 saturated carbocycles. The lowest BCUT2D eigenvalue weighted by atomic mass is 10.2. The molecule has 0 unspecified atom stereocenters. The average Bonchev–Trinajstić information content (AvgIpc) is 2.49. The van der Waals surface area contributed by atoms with E-state index in [2.05, 4.69) is 10.5 Å². The van der Waals surface area contributed by atoms with E-state index in [0.29, 0.717) is 5.56 Å². The number of aromatic hydroxyl groups is 1. The molecule has 2 N–H and O–H groups in total. The Morgan fingerprint density at radius 1 is 1.27 bits per heavy atom. The largest absolute Gasteiger partial charge is 0.507 e. The van der Waals surface area contributed by atoms with E-state index in [-0.39, 0.29) is 22.9 Å². The van der Waals surface area contributed by atoms with Crippen LogP contribution in [0.15, 0.2) is 52.5 Å². The van der Waals surface area contributed by atoms with E-state index in [9.17, 15) is 14.7 Å². The molecule has 0 fully saturated rings. The summed E-state index contributed by atoms with van der Waals surface area (Å²) in [5, 5.41) is 13.3. The van der Waals surface area contributed by atoms with Crippen LogP contribution in [0, 0.1) is 0 Å². The number of rotatable bonds is 4. The fourth-order valence-corrected chi connectivity index (χ4v) is 1.91. The van der Waals surface area contributed by atoms with Gasteiger partial charge in [0.2, 0.25) is 0 Å². The van der Waals surface area contributed by atoms with E-state index >= 15 is 0 Å². The van der Waals surface area contributed by atoms with Crippen LogP contribution >= 0.6 is 0 Å². The fraction of sp³-hybridized carbons (Fsp3) is 0.188. The van der Waals surface area contributed by atoms with Crippen molar-refractivity contribution in [3.63, 3.8) is 0 Å². The molecule has 0 aliphatic heterocycles. The molecule has 22 heavy (non-hydrogen) atoms. The Bertz CT molecular complexity index is 763. The van der Waals surface area contributed by atoms with Gasteiger partial charge in [-0.2, -0.15) is 5.10 Å². The molecule has 1 heterocycles. The van der Waals surface area contributed by atoms with Gasteiger partial charge in [-0.1, -0.05) is 12.1 Å². The number of benzene rings is 1. The SMILES string of the molecule is CC(C)n1cccc(C(=O)N/N=C\c2ccccc2O)c1=O. The molecule has 114 valence electrons. The highest BCUT2D eigenvalue weighted by atomic mass is 16.3. The molecular weight excluding hydrogens is 282 g/mol. The quantitative estimate of drug-likeness (QED) is 0.668. The fourth-order valence-electron chi connectivity index (χ4n) is 1.91. The first-order valence-corrected chi connectivity index (χ1v) is 6.83. The molecular formula is C16H17N3O3. The van der Waals surface area contributed by atoms with Gasteiger partial charge in [0.15, 0.2) is 0 Å². The predicted molar refractivity (Wildman–Crippen MR) is 84.3 cm³/mol. The van der Waals surface area contributed by atoms with Crippen LogP contribution in [-0.4, -0.2) is 21.8 Å². The Kier molecular flexibility index (Phi) is 4.73. The number of hydrogen-bond acceptors (Lipinski definition) is 4. The van der Waals surface area contributed by atoms with Crippen LogP contribution in [0.5, 0.6) is 5.75 Å². The number of phenols is 1. The van der Waals surface area contributed by atoms with E-state index < -0.39 is 5.91 Å². The summed E-state index contributed by atoms with van der Waals surface area (Å²) in [7, 11) is 0. The standard InChI is InChI=1S/C16H17N3O3/c1-11(2)19-9-5-7-13(16(19)22)15(21)18-17-10-12-6-3-4-8-14(12)20/h3-11,20H,1-2H3,(H,18,21)/b17-10-. The summed E-state index contributed by atoms with van der Waals surface area (Å²) in [6.07, 6.45) is 2.95. The van der Waals surface area contributed by atoms with Crippen LogP contribution in [0.2, 0.25) is 0 Å². The molecule has 0 aliphatic carbocycles. The average molecular weight is 299 g/mol. The van der Waals surface area contributed by atoms with Crippen LogP contribution in [0.1, 0.15) is 35.8 Å². The van der Waals surface area contributed by atoms with Crippen LogP contribution < -0.4 is 11.0 Å². The maximum Gasteiger partial charge on any atom is 0.276 e. The van der Waals surface area contributed by atoms with Crippen LogP contribution in [0.25, 0.3) is 0 Å². The summed E-state index contributed by atoms with van der Waals surface area (Å²) in [5.41, 5.74) is 2.41. The first-order valence-electron chi connectivity index (χ1n) is 6.83. The lowest BCUT2D eigenvalue weighted by molar-refractivity contribution is 0.0953. The number of aromatic nitrogens is 1. The van der Waals surface area contributed by atoms with Gasteiger partial charge < -0.3 is 9.67 Å². The third-order valence-electron chi connectivity index (χ3n) is 3.08. The second-order valence-electron chi connectivity index (χ2n) is 4.99. The van der Waals surface area contributed by atoms with Gasteiger partial charge in [-0.15, -0.1) is 0 Å². The van der Waals surface area contributed by atoms with Gasteiger partial charge in [0, 0.05) is 17.8 Å². The number of nitrogens with zero attached hydrogens (tertiary/aromatic N) is 2. The summed E-state index contributed by atoms with van der Waals surface area (Å²) in [5.74, 6) is -0.533. The van der Waals surface area contributed by atoms with Crippen molar-refractivity contribution in [2.45, 2.75) is 19.9 Å². The minimum Gasteiger partial charge on any atom is -0.507 e. The molecule has 0 aliphatic rings. The molecule has 1 amide bonds. The van der Waals surface area contributed by atoms with Gasteiger partial charge in [0.05, 0.1) is 6.21 Å². The molecule has 2 rings (SSSR count). The highest BCUT2D eigenvalue weighted by molar-refractivity contribution is 5.94. The normalized spacial score (nSPS) is 11.0. The van der Waals surface area contributed by atoms with Gasteiger partial charge in [0.25, 0.3) is 11.5 Å². The van der Waals surface area contributed by atoms with Gasteiger partial charge in [-0.05, 0) is 38.1 Å². The Morgan fingerprint density at radius 2 is 2.00 bits per heavy atom. The Labute approximate surface area is 127 Å². The molecule has 6 heteroatoms.